The number of aromatic nitrogens is 1. The summed E-state index contributed by atoms with van der Waals surface area (Å²) < 4.78 is 101. The Hall–Kier alpha value is -4.97. The number of halogens is 6. The number of pyridine rings is 1. The van der Waals surface area contributed by atoms with Gasteiger partial charge in [0.25, 0.3) is 11.8 Å². The zero-order valence-corrected chi connectivity index (χ0v) is 32.5. The molecular weight excluding hydrogens is 803 g/mol. The number of rotatable bonds is 17. The number of hydrogen-bond acceptors (Lipinski definition) is 9. The summed E-state index contributed by atoms with van der Waals surface area (Å²) in [5.41, 5.74) is 0.736. The fourth-order valence-corrected chi connectivity index (χ4v) is 8.30. The van der Waals surface area contributed by atoms with E-state index >= 15 is 8.78 Å². The van der Waals surface area contributed by atoms with Crippen LogP contribution in [0.4, 0.5) is 22.0 Å². The quantitative estimate of drug-likeness (QED) is 0.144. The molecule has 2 aromatic carbocycles. The molecule has 0 radical (unpaired) electrons. The summed E-state index contributed by atoms with van der Waals surface area (Å²) in [5.74, 6) is -15.5. The molecule has 3 amide bonds. The second kappa shape index (κ2) is 18.5. The van der Waals surface area contributed by atoms with Crippen LogP contribution < -0.4 is 15.4 Å². The Balaban J connectivity index is 1.70. The summed E-state index contributed by atoms with van der Waals surface area (Å²) in [6, 6.07) is 13.7. The van der Waals surface area contributed by atoms with Crippen LogP contribution >= 0.6 is 11.6 Å². The van der Waals surface area contributed by atoms with Crippen molar-refractivity contribution in [2.24, 2.45) is 11.8 Å². The molecule has 0 unspecified atom stereocenters. The summed E-state index contributed by atoms with van der Waals surface area (Å²) in [5, 5.41) is 2.48. The topological polar surface area (TPSA) is 169 Å². The molecule has 19 heteroatoms. The summed E-state index contributed by atoms with van der Waals surface area (Å²) in [7, 11) is -2.75. The molecule has 1 saturated heterocycles. The van der Waals surface area contributed by atoms with E-state index in [-0.39, 0.29) is 12.1 Å². The number of amides is 3. The van der Waals surface area contributed by atoms with Gasteiger partial charge in [-0.05, 0) is 59.9 Å². The number of ether oxygens (including phenoxy) is 1. The molecule has 0 bridgehead atoms. The van der Waals surface area contributed by atoms with E-state index in [9.17, 15) is 45.6 Å². The predicted molar refractivity (Wildman–Crippen MR) is 197 cm³/mol. The minimum atomic E-state index is -5.06. The van der Waals surface area contributed by atoms with Gasteiger partial charge in [-0.15, -0.1) is 0 Å². The highest BCUT2D eigenvalue weighted by Crippen LogP contribution is 2.33. The lowest BCUT2D eigenvalue weighted by molar-refractivity contribution is -0.167. The minimum Gasteiger partial charge on any atom is -0.497 e. The van der Waals surface area contributed by atoms with Gasteiger partial charge in [-0.2, -0.15) is 22.0 Å². The van der Waals surface area contributed by atoms with E-state index in [4.69, 9.17) is 16.3 Å². The van der Waals surface area contributed by atoms with Crippen LogP contribution in [0.2, 0.25) is 5.02 Å². The van der Waals surface area contributed by atoms with E-state index in [0.717, 1.165) is 10.2 Å². The van der Waals surface area contributed by atoms with Gasteiger partial charge in [-0.25, -0.2) is 8.42 Å². The summed E-state index contributed by atoms with van der Waals surface area (Å²) in [4.78, 5) is 72.1. The van der Waals surface area contributed by atoms with Crippen molar-refractivity contribution in [1.82, 2.24) is 20.5 Å². The zero-order valence-electron chi connectivity index (χ0n) is 30.9. The van der Waals surface area contributed by atoms with Crippen molar-refractivity contribution < 1.29 is 59.1 Å². The summed E-state index contributed by atoms with van der Waals surface area (Å²) in [6.07, 6.45) is -5.48. The average molecular weight is 843 g/mol. The molecule has 57 heavy (non-hydrogen) atoms. The molecule has 1 aliphatic rings. The number of carbonyl (C=O) groups is 5. The van der Waals surface area contributed by atoms with Gasteiger partial charge in [0.05, 0.1) is 24.2 Å². The maximum Gasteiger partial charge on any atom is 0.405 e. The lowest BCUT2D eigenvalue weighted by atomic mass is 9.82. The molecule has 12 nitrogen and oxygen atoms in total. The van der Waals surface area contributed by atoms with Crippen molar-refractivity contribution in [2.45, 2.75) is 68.3 Å². The molecule has 308 valence electrons. The molecular formula is C38H40ClF5N4O8S. The SMILES string of the molecule is COc1ccc(CS(=O)(=O)[C@@H]2C[C@@H](C(=O)C[C@H](C(=O)C(F)(F)C(=O)NCC(F)(F)F)C(C)C)N(C(=O)[C@H](Cc3cccc(Cl)c3)NC(=O)c3ccccn3)C2)cc1. The van der Waals surface area contributed by atoms with Gasteiger partial charge in [0.15, 0.2) is 15.6 Å². The van der Waals surface area contributed by atoms with Gasteiger partial charge in [0, 0.05) is 36.5 Å². The smallest absolute Gasteiger partial charge is 0.405 e. The fraction of sp³-hybridized carbons (Fsp3) is 0.421. The van der Waals surface area contributed by atoms with E-state index < -0.39 is 112 Å². The lowest BCUT2D eigenvalue weighted by Crippen LogP contribution is -2.54. The first kappa shape index (κ1) is 44.7. The number of alkyl halides is 5. The normalized spacial score (nSPS) is 17.1. The van der Waals surface area contributed by atoms with Crippen molar-refractivity contribution in [3.8, 4) is 5.75 Å². The summed E-state index contributed by atoms with van der Waals surface area (Å²) in [6.45, 7) is -0.172. The molecule has 1 fully saturated rings. The first-order valence-corrected chi connectivity index (χ1v) is 19.6. The van der Waals surface area contributed by atoms with Gasteiger partial charge < -0.3 is 20.3 Å². The van der Waals surface area contributed by atoms with Crippen molar-refractivity contribution in [1.29, 1.82) is 0 Å². The van der Waals surface area contributed by atoms with Crippen LogP contribution in [-0.4, -0.2) is 97.2 Å². The van der Waals surface area contributed by atoms with Crippen LogP contribution in [0.5, 0.6) is 5.75 Å². The third kappa shape index (κ3) is 11.8. The molecule has 1 aliphatic heterocycles. The van der Waals surface area contributed by atoms with Crippen LogP contribution in [0, 0.1) is 11.8 Å². The Morgan fingerprint density at radius 2 is 1.65 bits per heavy atom. The highest BCUT2D eigenvalue weighted by atomic mass is 35.5. The highest BCUT2D eigenvalue weighted by Gasteiger charge is 2.53. The van der Waals surface area contributed by atoms with Crippen LogP contribution in [0.1, 0.15) is 48.3 Å². The van der Waals surface area contributed by atoms with E-state index in [2.05, 4.69) is 10.3 Å². The number of sulfone groups is 1. The van der Waals surface area contributed by atoms with E-state index in [1.54, 1.807) is 24.3 Å². The van der Waals surface area contributed by atoms with Crippen LogP contribution in [-0.2, 0) is 41.2 Å². The molecule has 0 aliphatic carbocycles. The van der Waals surface area contributed by atoms with Crippen molar-refractivity contribution >= 4 is 50.7 Å². The number of ketones is 2. The van der Waals surface area contributed by atoms with Crippen LogP contribution in [0.3, 0.4) is 0 Å². The third-order valence-electron chi connectivity index (χ3n) is 9.39. The number of nitrogens with zero attached hydrogens (tertiary/aromatic N) is 2. The lowest BCUT2D eigenvalue weighted by Gasteiger charge is -2.30. The first-order chi connectivity index (χ1) is 26.6. The third-order valence-corrected chi connectivity index (χ3v) is 11.7. The maximum absolute atomic E-state index is 15.1. The number of benzene rings is 2. The van der Waals surface area contributed by atoms with Gasteiger partial charge in [0.1, 0.15) is 24.0 Å². The molecule has 4 rings (SSSR count). The molecule has 1 aromatic heterocycles. The van der Waals surface area contributed by atoms with Crippen molar-refractivity contribution in [2.75, 3.05) is 20.2 Å². The van der Waals surface area contributed by atoms with E-state index in [1.807, 2.05) is 0 Å². The molecule has 4 atom stereocenters. The van der Waals surface area contributed by atoms with Crippen molar-refractivity contribution in [3.63, 3.8) is 0 Å². The Morgan fingerprint density at radius 3 is 2.23 bits per heavy atom. The second-order valence-corrected chi connectivity index (χ2v) is 16.6. The molecule has 0 saturated carbocycles. The van der Waals surface area contributed by atoms with Crippen molar-refractivity contribution in [3.05, 3.63) is 94.8 Å². The molecule has 3 aromatic rings. The monoisotopic (exact) mass is 842 g/mol. The predicted octanol–water partition coefficient (Wildman–Crippen LogP) is 4.78. The molecule has 0 spiro atoms. The number of Topliss-reactive ketones (excluding diaryl/α,β-unsaturated/α-hetero) is 2. The van der Waals surface area contributed by atoms with Gasteiger partial charge in [-0.1, -0.05) is 55.8 Å². The Kier molecular flexibility index (Phi) is 14.5. The largest absolute Gasteiger partial charge is 0.497 e. The van der Waals surface area contributed by atoms with Gasteiger partial charge in [0.2, 0.25) is 11.7 Å². The van der Waals surface area contributed by atoms with Crippen LogP contribution in [0.15, 0.2) is 72.9 Å². The number of methoxy groups -OCH3 is 1. The van der Waals surface area contributed by atoms with Crippen LogP contribution in [0.25, 0.3) is 0 Å². The minimum absolute atomic E-state index is 0.0751. The summed E-state index contributed by atoms with van der Waals surface area (Å²) >= 11 is 6.18. The number of carbonyl (C=O) groups excluding carboxylic acids is 5. The average Bonchev–Trinajstić information content (AvgIpc) is 3.62. The van der Waals surface area contributed by atoms with Gasteiger partial charge in [-0.3, -0.25) is 29.0 Å². The molecule has 2 N–H and O–H groups in total. The Morgan fingerprint density at radius 1 is 0.965 bits per heavy atom. The highest BCUT2D eigenvalue weighted by molar-refractivity contribution is 7.91. The second-order valence-electron chi connectivity index (χ2n) is 13.9. The zero-order chi connectivity index (χ0) is 42.3. The first-order valence-electron chi connectivity index (χ1n) is 17.5. The van der Waals surface area contributed by atoms with E-state index in [1.165, 1.54) is 69.6 Å². The number of hydrogen-bond donors (Lipinski definition) is 2. The number of nitrogens with one attached hydrogen (secondary N) is 2. The van der Waals surface area contributed by atoms with E-state index in [0.29, 0.717) is 21.9 Å². The Labute approximate surface area is 330 Å². The molecule has 2 heterocycles. The fourth-order valence-electron chi connectivity index (χ4n) is 6.33. The maximum atomic E-state index is 15.1. The number of likely N-dealkylation sites (tertiary alicyclic amines) is 1. The Bertz CT molecular complexity index is 2050. The van der Waals surface area contributed by atoms with Gasteiger partial charge >= 0.3 is 12.1 Å². The standard InChI is InChI=1S/C38H40ClF5N4O8S/c1-22(2)28(33(50)38(43,44)36(53)46-21-37(40,41)42)18-32(49)31-17-27(57(54,55)20-23-10-12-26(56-3)13-11-23)19-48(31)35(52)30(16-24-7-6-8-25(39)15-24)47-34(51)29-9-4-5-14-45-29/h4-15,22,27-28,30-31H,16-21H2,1-3H3,(H,46,53)(H,47,51)/t27-,28+,30+,31+/m1/s1.